The molecule has 6 nitrogen and oxygen atoms in total. The fourth-order valence-electron chi connectivity index (χ4n) is 4.11. The molecule has 6 heteroatoms. The van der Waals surface area contributed by atoms with Gasteiger partial charge in [-0.1, -0.05) is 44.1 Å². The van der Waals surface area contributed by atoms with Crippen LogP contribution in [0.4, 0.5) is 0 Å². The van der Waals surface area contributed by atoms with Gasteiger partial charge in [0.2, 0.25) is 0 Å². The number of nitrogens with zero attached hydrogens (tertiary/aromatic N) is 4. The fraction of sp³-hybridized carbons (Fsp3) is 0.423. The van der Waals surface area contributed by atoms with E-state index < -0.39 is 0 Å². The first-order chi connectivity index (χ1) is 15.6. The van der Waals surface area contributed by atoms with Gasteiger partial charge >= 0.3 is 6.01 Å². The van der Waals surface area contributed by atoms with Crippen LogP contribution in [0, 0.1) is 5.92 Å². The lowest BCUT2D eigenvalue weighted by molar-refractivity contribution is 0.210. The van der Waals surface area contributed by atoms with E-state index in [4.69, 9.17) is 9.57 Å². The first-order valence-electron chi connectivity index (χ1n) is 11.4. The Labute approximate surface area is 191 Å². The SMILES string of the molecule is CCC(CN(C)C(CC)CC)/C(=N\Oc1ncccn1)c1ccc2cc(OC)ccc2c1. The molecule has 0 saturated heterocycles. The number of hydrogen-bond acceptors (Lipinski definition) is 6. The van der Waals surface area contributed by atoms with E-state index in [0.717, 1.165) is 53.6 Å². The average Bonchev–Trinajstić information content (AvgIpc) is 2.84. The smallest absolute Gasteiger partial charge is 0.345 e. The zero-order valence-corrected chi connectivity index (χ0v) is 19.8. The number of benzene rings is 2. The Kier molecular flexibility index (Phi) is 8.56. The van der Waals surface area contributed by atoms with Gasteiger partial charge in [-0.25, -0.2) is 9.97 Å². The first-order valence-corrected chi connectivity index (χ1v) is 11.4. The van der Waals surface area contributed by atoms with Crippen LogP contribution in [-0.2, 0) is 0 Å². The number of fused-ring (bicyclic) bond motifs is 1. The summed E-state index contributed by atoms with van der Waals surface area (Å²) in [6, 6.07) is 15.0. The van der Waals surface area contributed by atoms with Gasteiger partial charge < -0.3 is 14.5 Å². The van der Waals surface area contributed by atoms with Gasteiger partial charge in [0, 0.05) is 36.5 Å². The van der Waals surface area contributed by atoms with Crippen molar-refractivity contribution in [2.75, 3.05) is 20.7 Å². The number of aromatic nitrogens is 2. The average molecular weight is 435 g/mol. The molecule has 0 bridgehead atoms. The highest BCUT2D eigenvalue weighted by Gasteiger charge is 2.22. The highest BCUT2D eigenvalue weighted by atomic mass is 16.6. The van der Waals surface area contributed by atoms with Crippen LogP contribution in [0.2, 0.25) is 0 Å². The molecule has 2 aromatic carbocycles. The molecule has 0 amide bonds. The molecule has 1 unspecified atom stereocenters. The lowest BCUT2D eigenvalue weighted by atomic mass is 9.92. The van der Waals surface area contributed by atoms with Crippen LogP contribution in [0.5, 0.6) is 11.8 Å². The van der Waals surface area contributed by atoms with E-state index in [9.17, 15) is 0 Å². The first kappa shape index (κ1) is 23.7. The van der Waals surface area contributed by atoms with Gasteiger partial charge in [-0.2, -0.15) is 0 Å². The van der Waals surface area contributed by atoms with E-state index in [0.29, 0.717) is 6.04 Å². The Morgan fingerprint density at radius 3 is 2.31 bits per heavy atom. The van der Waals surface area contributed by atoms with Crippen LogP contribution in [0.3, 0.4) is 0 Å². The fourth-order valence-corrected chi connectivity index (χ4v) is 4.11. The Balaban J connectivity index is 1.98. The third-order valence-corrected chi connectivity index (χ3v) is 6.06. The van der Waals surface area contributed by atoms with Crippen molar-refractivity contribution in [2.24, 2.45) is 11.1 Å². The summed E-state index contributed by atoms with van der Waals surface area (Å²) in [5.41, 5.74) is 1.96. The molecule has 0 aliphatic rings. The lowest BCUT2D eigenvalue weighted by Crippen LogP contribution is -2.37. The number of hydrogen-bond donors (Lipinski definition) is 0. The second-order valence-corrected chi connectivity index (χ2v) is 8.04. The minimum Gasteiger partial charge on any atom is -0.497 e. The van der Waals surface area contributed by atoms with E-state index in [1.54, 1.807) is 25.6 Å². The molecule has 3 rings (SSSR count). The topological polar surface area (TPSA) is 59.8 Å². The zero-order chi connectivity index (χ0) is 22.9. The van der Waals surface area contributed by atoms with E-state index in [1.807, 2.05) is 12.1 Å². The zero-order valence-electron chi connectivity index (χ0n) is 19.8. The van der Waals surface area contributed by atoms with Crippen molar-refractivity contribution in [1.82, 2.24) is 14.9 Å². The third kappa shape index (κ3) is 5.82. The summed E-state index contributed by atoms with van der Waals surface area (Å²) in [6.45, 7) is 7.59. The number of methoxy groups -OCH3 is 1. The maximum Gasteiger partial charge on any atom is 0.345 e. The highest BCUT2D eigenvalue weighted by molar-refractivity contribution is 6.04. The van der Waals surface area contributed by atoms with Crippen LogP contribution < -0.4 is 9.57 Å². The molecule has 0 radical (unpaired) electrons. The van der Waals surface area contributed by atoms with E-state index >= 15 is 0 Å². The summed E-state index contributed by atoms with van der Waals surface area (Å²) in [6.07, 6.45) is 6.51. The molecule has 1 atom stereocenters. The van der Waals surface area contributed by atoms with Crippen molar-refractivity contribution in [2.45, 2.75) is 46.1 Å². The van der Waals surface area contributed by atoms with E-state index in [1.165, 1.54) is 0 Å². The quantitative estimate of drug-likeness (QED) is 0.292. The number of ether oxygens (including phenoxy) is 1. The molecule has 1 heterocycles. The maximum atomic E-state index is 5.68. The van der Waals surface area contributed by atoms with Crippen molar-refractivity contribution in [3.63, 3.8) is 0 Å². The van der Waals surface area contributed by atoms with Crippen molar-refractivity contribution >= 4 is 16.5 Å². The Morgan fingerprint density at radius 1 is 0.969 bits per heavy atom. The van der Waals surface area contributed by atoms with Gasteiger partial charge in [-0.15, -0.1) is 0 Å². The third-order valence-electron chi connectivity index (χ3n) is 6.06. The van der Waals surface area contributed by atoms with Gasteiger partial charge in [0.15, 0.2) is 0 Å². The molecular weight excluding hydrogens is 400 g/mol. The van der Waals surface area contributed by atoms with Crippen LogP contribution in [-0.4, -0.2) is 47.3 Å². The Hall–Kier alpha value is -2.99. The lowest BCUT2D eigenvalue weighted by Gasteiger charge is -2.30. The largest absolute Gasteiger partial charge is 0.497 e. The van der Waals surface area contributed by atoms with Gasteiger partial charge in [0.25, 0.3) is 0 Å². The van der Waals surface area contributed by atoms with Crippen LogP contribution in [0.1, 0.15) is 45.6 Å². The monoisotopic (exact) mass is 434 g/mol. The molecule has 0 aliphatic carbocycles. The number of rotatable bonds is 11. The summed E-state index contributed by atoms with van der Waals surface area (Å²) < 4.78 is 5.37. The van der Waals surface area contributed by atoms with Crippen LogP contribution in [0.25, 0.3) is 10.8 Å². The molecule has 1 aromatic heterocycles. The number of oxime groups is 1. The van der Waals surface area contributed by atoms with E-state index in [-0.39, 0.29) is 11.9 Å². The summed E-state index contributed by atoms with van der Waals surface area (Å²) >= 11 is 0. The predicted molar refractivity (Wildman–Crippen MR) is 130 cm³/mol. The molecule has 0 fully saturated rings. The normalized spacial score (nSPS) is 13.0. The van der Waals surface area contributed by atoms with Crippen molar-refractivity contribution in [3.8, 4) is 11.8 Å². The van der Waals surface area contributed by atoms with Crippen molar-refractivity contribution in [3.05, 3.63) is 60.4 Å². The maximum absolute atomic E-state index is 5.68. The molecule has 0 saturated carbocycles. The van der Waals surface area contributed by atoms with Gasteiger partial charge in [-0.05, 0) is 61.3 Å². The second kappa shape index (κ2) is 11.6. The minimum absolute atomic E-state index is 0.208. The van der Waals surface area contributed by atoms with Gasteiger partial charge in [-0.3, -0.25) is 0 Å². The summed E-state index contributed by atoms with van der Waals surface area (Å²) in [4.78, 5) is 16.4. The van der Waals surface area contributed by atoms with Gasteiger partial charge in [0.1, 0.15) is 5.75 Å². The molecule has 0 aliphatic heterocycles. The highest BCUT2D eigenvalue weighted by Crippen LogP contribution is 2.25. The summed E-state index contributed by atoms with van der Waals surface area (Å²) in [5.74, 6) is 1.06. The standard InChI is InChI=1S/C26H34N4O2/c1-6-19(18-30(4)23(7-2)8-3)25(29-32-26-27-14-9-15-28-26)22-11-10-21-17-24(31-5)13-12-20(21)16-22/h9-17,19,23H,6-8,18H2,1-5H3/b29-25+. The van der Waals surface area contributed by atoms with Crippen LogP contribution >= 0.6 is 0 Å². The van der Waals surface area contributed by atoms with E-state index in [2.05, 4.69) is 72.1 Å². The molecule has 0 N–H and O–H groups in total. The van der Waals surface area contributed by atoms with Crippen LogP contribution in [0.15, 0.2) is 60.0 Å². The second-order valence-electron chi connectivity index (χ2n) is 8.04. The minimum atomic E-state index is 0.208. The molecule has 3 aromatic rings. The predicted octanol–water partition coefficient (Wildman–Crippen LogP) is 5.57. The summed E-state index contributed by atoms with van der Waals surface area (Å²) in [5, 5.41) is 6.84. The Bertz CT molecular complexity index is 1020. The molecular formula is C26H34N4O2. The van der Waals surface area contributed by atoms with Crippen molar-refractivity contribution < 1.29 is 9.57 Å². The molecule has 0 spiro atoms. The van der Waals surface area contributed by atoms with Gasteiger partial charge in [0.05, 0.1) is 12.8 Å². The molecule has 32 heavy (non-hydrogen) atoms. The summed E-state index contributed by atoms with van der Waals surface area (Å²) in [7, 11) is 3.89. The molecule has 170 valence electrons. The Morgan fingerprint density at radius 2 is 1.66 bits per heavy atom. The van der Waals surface area contributed by atoms with Crippen molar-refractivity contribution in [1.29, 1.82) is 0 Å².